The van der Waals surface area contributed by atoms with Crippen molar-refractivity contribution in [3.05, 3.63) is 11.8 Å². The Morgan fingerprint density at radius 3 is 2.74 bits per heavy atom. The van der Waals surface area contributed by atoms with Gasteiger partial charge in [-0.15, -0.1) is 10.2 Å². The Bertz CT molecular complexity index is 662. The smallest absolute Gasteiger partial charge is 0.239 e. The first-order valence-corrected chi connectivity index (χ1v) is 8.99. The summed E-state index contributed by atoms with van der Waals surface area (Å²) in [6.07, 6.45) is 0.676. The molecule has 0 aromatic carbocycles. The Morgan fingerprint density at radius 1 is 1.43 bits per heavy atom. The summed E-state index contributed by atoms with van der Waals surface area (Å²) < 4.78 is 5.71. The molecule has 0 saturated heterocycles. The minimum atomic E-state index is -0.262. The standard InChI is InChI=1S/C14H21N5O2S2/c1-6-9(11(20)15-10-7-8(2)21-19-10)22-13-18-17-12(23-13)16-14(3,4)5/h7,9H,6H2,1-5H3,(H,16,17)(H,15,19,20). The van der Waals surface area contributed by atoms with Crippen LogP contribution in [-0.4, -0.2) is 32.1 Å². The van der Waals surface area contributed by atoms with Gasteiger partial charge in [0.1, 0.15) is 5.76 Å². The van der Waals surface area contributed by atoms with E-state index in [2.05, 4.69) is 46.8 Å². The van der Waals surface area contributed by atoms with E-state index in [0.717, 1.165) is 9.47 Å². The summed E-state index contributed by atoms with van der Waals surface area (Å²) >= 11 is 2.85. The molecule has 0 fully saturated rings. The number of aromatic nitrogens is 3. The van der Waals surface area contributed by atoms with Crippen LogP contribution in [0.5, 0.6) is 0 Å². The van der Waals surface area contributed by atoms with Crippen molar-refractivity contribution < 1.29 is 9.32 Å². The summed E-state index contributed by atoms with van der Waals surface area (Å²) in [4.78, 5) is 12.3. The minimum Gasteiger partial charge on any atom is -0.360 e. The molecule has 0 radical (unpaired) electrons. The zero-order chi connectivity index (χ0) is 17.0. The highest BCUT2D eigenvalue weighted by Crippen LogP contribution is 2.31. The van der Waals surface area contributed by atoms with Gasteiger partial charge in [-0.2, -0.15) is 0 Å². The quantitative estimate of drug-likeness (QED) is 0.765. The maximum Gasteiger partial charge on any atom is 0.239 e. The number of amides is 1. The van der Waals surface area contributed by atoms with Crippen molar-refractivity contribution in [1.82, 2.24) is 15.4 Å². The van der Waals surface area contributed by atoms with Crippen molar-refractivity contribution in [3.63, 3.8) is 0 Å². The van der Waals surface area contributed by atoms with Crippen LogP contribution in [0.15, 0.2) is 14.9 Å². The van der Waals surface area contributed by atoms with Crippen LogP contribution in [-0.2, 0) is 4.79 Å². The molecule has 9 heteroatoms. The van der Waals surface area contributed by atoms with Gasteiger partial charge in [0.25, 0.3) is 0 Å². The van der Waals surface area contributed by atoms with Crippen LogP contribution in [0.2, 0.25) is 0 Å². The molecule has 23 heavy (non-hydrogen) atoms. The first-order chi connectivity index (χ1) is 10.8. The van der Waals surface area contributed by atoms with Gasteiger partial charge in [-0.05, 0) is 34.1 Å². The molecule has 2 N–H and O–H groups in total. The predicted molar refractivity (Wildman–Crippen MR) is 93.1 cm³/mol. The van der Waals surface area contributed by atoms with Crippen molar-refractivity contribution in [3.8, 4) is 0 Å². The number of aryl methyl sites for hydroxylation is 1. The van der Waals surface area contributed by atoms with E-state index in [0.29, 0.717) is 18.0 Å². The highest BCUT2D eigenvalue weighted by Gasteiger charge is 2.22. The molecule has 1 amide bonds. The molecular weight excluding hydrogens is 334 g/mol. The molecule has 2 rings (SSSR count). The Balaban J connectivity index is 1.97. The van der Waals surface area contributed by atoms with Crippen LogP contribution in [0.1, 0.15) is 39.9 Å². The normalized spacial score (nSPS) is 12.9. The van der Waals surface area contributed by atoms with Gasteiger partial charge in [-0.3, -0.25) is 4.79 Å². The van der Waals surface area contributed by atoms with Crippen molar-refractivity contribution in [2.45, 2.75) is 56.2 Å². The third-order valence-corrected chi connectivity index (χ3v) is 4.96. The van der Waals surface area contributed by atoms with Gasteiger partial charge < -0.3 is 15.2 Å². The summed E-state index contributed by atoms with van der Waals surface area (Å²) in [5.74, 6) is 0.966. The molecule has 0 spiro atoms. The SMILES string of the molecule is CCC(Sc1nnc(NC(C)(C)C)s1)C(=O)Nc1cc(C)on1. The van der Waals surface area contributed by atoms with Gasteiger partial charge >= 0.3 is 0 Å². The second kappa shape index (κ2) is 7.31. The molecule has 0 aliphatic carbocycles. The maximum absolute atomic E-state index is 12.3. The summed E-state index contributed by atoms with van der Waals surface area (Å²) in [5.41, 5.74) is -0.0756. The van der Waals surface area contributed by atoms with Crippen LogP contribution in [0.25, 0.3) is 0 Å². The lowest BCUT2D eigenvalue weighted by Crippen LogP contribution is -2.25. The average molecular weight is 355 g/mol. The molecule has 1 atom stereocenters. The van der Waals surface area contributed by atoms with E-state index in [1.807, 2.05) is 6.92 Å². The Hall–Kier alpha value is -1.61. The highest BCUT2D eigenvalue weighted by atomic mass is 32.2. The van der Waals surface area contributed by atoms with E-state index in [1.165, 1.54) is 23.1 Å². The van der Waals surface area contributed by atoms with Gasteiger partial charge in [0, 0.05) is 11.6 Å². The summed E-state index contributed by atoms with van der Waals surface area (Å²) in [5, 5.41) is 18.5. The number of anilines is 2. The van der Waals surface area contributed by atoms with E-state index < -0.39 is 0 Å². The van der Waals surface area contributed by atoms with Crippen molar-refractivity contribution in [2.75, 3.05) is 10.6 Å². The monoisotopic (exact) mass is 355 g/mol. The maximum atomic E-state index is 12.3. The van der Waals surface area contributed by atoms with E-state index in [4.69, 9.17) is 4.52 Å². The average Bonchev–Trinajstić information content (AvgIpc) is 3.03. The lowest BCUT2D eigenvalue weighted by atomic mass is 10.1. The second-order valence-corrected chi connectivity index (χ2v) is 8.50. The fraction of sp³-hybridized carbons (Fsp3) is 0.571. The van der Waals surface area contributed by atoms with E-state index >= 15 is 0 Å². The van der Waals surface area contributed by atoms with Gasteiger partial charge in [-0.25, -0.2) is 0 Å². The molecule has 0 bridgehead atoms. The van der Waals surface area contributed by atoms with Crippen LogP contribution >= 0.6 is 23.1 Å². The largest absolute Gasteiger partial charge is 0.360 e. The Labute approximate surface area is 143 Å². The number of rotatable bonds is 6. The lowest BCUT2D eigenvalue weighted by Gasteiger charge is -2.18. The Morgan fingerprint density at radius 2 is 2.17 bits per heavy atom. The summed E-state index contributed by atoms with van der Waals surface area (Å²) in [7, 11) is 0. The number of nitrogens with zero attached hydrogens (tertiary/aromatic N) is 3. The van der Waals surface area contributed by atoms with Gasteiger partial charge in [0.05, 0.1) is 5.25 Å². The van der Waals surface area contributed by atoms with Crippen LogP contribution in [0.3, 0.4) is 0 Å². The number of carbonyl (C=O) groups is 1. The number of carbonyl (C=O) groups excluding carboxylic acids is 1. The minimum absolute atomic E-state index is 0.0756. The van der Waals surface area contributed by atoms with Gasteiger partial charge in [-0.1, -0.05) is 35.2 Å². The van der Waals surface area contributed by atoms with Gasteiger partial charge in [0.2, 0.25) is 11.0 Å². The molecule has 126 valence electrons. The van der Waals surface area contributed by atoms with E-state index in [-0.39, 0.29) is 16.7 Å². The molecule has 2 aromatic heterocycles. The molecular formula is C14H21N5O2S2. The molecule has 7 nitrogen and oxygen atoms in total. The van der Waals surface area contributed by atoms with Crippen LogP contribution < -0.4 is 10.6 Å². The van der Waals surface area contributed by atoms with Crippen molar-refractivity contribution in [2.24, 2.45) is 0 Å². The third-order valence-electron chi connectivity index (χ3n) is 2.67. The second-order valence-electron chi connectivity index (χ2n) is 6.07. The predicted octanol–water partition coefficient (Wildman–Crippen LogP) is 3.55. The zero-order valence-electron chi connectivity index (χ0n) is 13.8. The number of nitrogens with one attached hydrogen (secondary N) is 2. The van der Waals surface area contributed by atoms with Crippen LogP contribution in [0.4, 0.5) is 10.9 Å². The molecule has 2 heterocycles. The topological polar surface area (TPSA) is 92.9 Å². The fourth-order valence-corrected chi connectivity index (χ4v) is 3.83. The van der Waals surface area contributed by atoms with Crippen LogP contribution in [0, 0.1) is 6.92 Å². The molecule has 1 unspecified atom stereocenters. The lowest BCUT2D eigenvalue weighted by molar-refractivity contribution is -0.115. The zero-order valence-corrected chi connectivity index (χ0v) is 15.5. The molecule has 2 aromatic rings. The summed E-state index contributed by atoms with van der Waals surface area (Å²) in [6.45, 7) is 9.91. The van der Waals surface area contributed by atoms with E-state index in [9.17, 15) is 4.79 Å². The fourth-order valence-electron chi connectivity index (χ4n) is 1.70. The third kappa shape index (κ3) is 5.51. The first kappa shape index (κ1) is 17.7. The highest BCUT2D eigenvalue weighted by molar-refractivity contribution is 8.02. The van der Waals surface area contributed by atoms with Gasteiger partial charge in [0.15, 0.2) is 10.2 Å². The summed E-state index contributed by atoms with van der Waals surface area (Å²) in [6, 6.07) is 1.69. The van der Waals surface area contributed by atoms with Crippen molar-refractivity contribution >= 4 is 40.0 Å². The van der Waals surface area contributed by atoms with Crippen molar-refractivity contribution in [1.29, 1.82) is 0 Å². The number of hydrogen-bond donors (Lipinski definition) is 2. The number of hydrogen-bond acceptors (Lipinski definition) is 8. The Kier molecular flexibility index (Phi) is 5.64. The van der Waals surface area contributed by atoms with E-state index in [1.54, 1.807) is 13.0 Å². The molecule has 0 saturated carbocycles. The molecule has 0 aliphatic rings. The molecule has 0 aliphatic heterocycles. The number of thioether (sulfide) groups is 1. The first-order valence-electron chi connectivity index (χ1n) is 7.29.